The molecule has 0 radical (unpaired) electrons. The number of hydrogen-bond acceptors (Lipinski definition) is 3. The average Bonchev–Trinajstić information content (AvgIpc) is 2.34. The van der Waals surface area contributed by atoms with Gasteiger partial charge in [-0.25, -0.2) is 4.79 Å². The Balaban J connectivity index is 3.01. The molecule has 1 N–H and O–H groups in total. The van der Waals surface area contributed by atoms with Crippen LogP contribution in [0.3, 0.4) is 0 Å². The molecule has 106 valence electrons. The summed E-state index contributed by atoms with van der Waals surface area (Å²) in [7, 11) is 1.97. The summed E-state index contributed by atoms with van der Waals surface area (Å²) in [6.45, 7) is 6.89. The van der Waals surface area contributed by atoms with Gasteiger partial charge in [0.15, 0.2) is 0 Å². The zero-order chi connectivity index (χ0) is 14.4. The summed E-state index contributed by atoms with van der Waals surface area (Å²) < 4.78 is 5.61. The van der Waals surface area contributed by atoms with E-state index in [9.17, 15) is 4.79 Å². The fourth-order valence-electron chi connectivity index (χ4n) is 1.79. The van der Waals surface area contributed by atoms with Gasteiger partial charge in [0.1, 0.15) is 5.75 Å². The highest BCUT2D eigenvalue weighted by atomic mass is 16.5. The summed E-state index contributed by atoms with van der Waals surface area (Å²) >= 11 is 0. The number of carboxylic acids is 1. The Labute approximate surface area is 115 Å². The van der Waals surface area contributed by atoms with E-state index in [2.05, 4.69) is 11.8 Å². The number of carbonyl (C=O) groups is 1. The van der Waals surface area contributed by atoms with E-state index in [1.807, 2.05) is 27.0 Å². The molecule has 19 heavy (non-hydrogen) atoms. The van der Waals surface area contributed by atoms with Crippen molar-refractivity contribution >= 4 is 11.7 Å². The molecule has 0 fully saturated rings. The molecule has 0 atom stereocenters. The molecule has 0 aliphatic rings. The van der Waals surface area contributed by atoms with Crippen molar-refractivity contribution in [3.8, 4) is 5.75 Å². The van der Waals surface area contributed by atoms with Gasteiger partial charge in [-0.05, 0) is 32.4 Å². The molecule has 0 heterocycles. The van der Waals surface area contributed by atoms with E-state index < -0.39 is 5.97 Å². The zero-order valence-corrected chi connectivity index (χ0v) is 12.1. The van der Waals surface area contributed by atoms with Gasteiger partial charge in [0.25, 0.3) is 0 Å². The molecule has 1 aromatic carbocycles. The highest BCUT2D eigenvalue weighted by molar-refractivity contribution is 5.89. The summed E-state index contributed by atoms with van der Waals surface area (Å²) in [6, 6.07) is 5.15. The first kappa shape index (κ1) is 15.3. The first-order chi connectivity index (χ1) is 8.93. The zero-order valence-electron chi connectivity index (χ0n) is 12.1. The fourth-order valence-corrected chi connectivity index (χ4v) is 1.79. The molecular formula is C15H23NO3. The number of anilines is 1. The van der Waals surface area contributed by atoms with E-state index in [-0.39, 0.29) is 11.7 Å². The second kappa shape index (κ2) is 7.02. The average molecular weight is 265 g/mol. The van der Waals surface area contributed by atoms with Gasteiger partial charge in [-0.2, -0.15) is 0 Å². The van der Waals surface area contributed by atoms with Crippen molar-refractivity contribution in [2.75, 3.05) is 18.5 Å². The lowest BCUT2D eigenvalue weighted by atomic mass is 10.1. The minimum Gasteiger partial charge on any atom is -0.491 e. The van der Waals surface area contributed by atoms with Crippen molar-refractivity contribution < 1.29 is 14.6 Å². The first-order valence-corrected chi connectivity index (χ1v) is 6.70. The lowest BCUT2D eigenvalue weighted by Crippen LogP contribution is -2.19. The predicted octanol–water partition coefficient (Wildman–Crippen LogP) is 3.41. The van der Waals surface area contributed by atoms with Crippen LogP contribution < -0.4 is 9.64 Å². The Morgan fingerprint density at radius 1 is 1.37 bits per heavy atom. The normalized spacial score (nSPS) is 10.6. The van der Waals surface area contributed by atoms with Gasteiger partial charge < -0.3 is 14.7 Å². The van der Waals surface area contributed by atoms with Crippen molar-refractivity contribution in [1.82, 2.24) is 0 Å². The van der Waals surface area contributed by atoms with E-state index in [0.717, 1.165) is 25.1 Å². The molecule has 4 heteroatoms. The fraction of sp³-hybridized carbons (Fsp3) is 0.533. The topological polar surface area (TPSA) is 49.8 Å². The molecule has 4 nitrogen and oxygen atoms in total. The van der Waals surface area contributed by atoms with Crippen molar-refractivity contribution in [1.29, 1.82) is 0 Å². The van der Waals surface area contributed by atoms with Crippen LogP contribution in [0.25, 0.3) is 0 Å². The van der Waals surface area contributed by atoms with Crippen molar-refractivity contribution in [3.63, 3.8) is 0 Å². The summed E-state index contributed by atoms with van der Waals surface area (Å²) in [5.41, 5.74) is 1.14. The van der Waals surface area contributed by atoms with E-state index in [4.69, 9.17) is 9.84 Å². The molecule has 1 rings (SSSR count). The molecule has 0 aromatic heterocycles. The van der Waals surface area contributed by atoms with Crippen LogP contribution >= 0.6 is 0 Å². The van der Waals surface area contributed by atoms with Crippen LogP contribution in [0.4, 0.5) is 5.69 Å². The molecule has 0 aliphatic carbocycles. The maximum Gasteiger partial charge on any atom is 0.335 e. The second-order valence-corrected chi connectivity index (χ2v) is 4.96. The number of ether oxygens (including phenoxy) is 1. The molecule has 0 saturated carbocycles. The SMILES string of the molecule is CCCCN(C)c1cc(OC(C)C)cc(C(=O)O)c1. The third-order valence-corrected chi connectivity index (χ3v) is 2.80. The highest BCUT2D eigenvalue weighted by Crippen LogP contribution is 2.24. The van der Waals surface area contributed by atoms with Crippen LogP contribution in [0.2, 0.25) is 0 Å². The van der Waals surface area contributed by atoms with Crippen LogP contribution in [0, 0.1) is 0 Å². The first-order valence-electron chi connectivity index (χ1n) is 6.70. The van der Waals surface area contributed by atoms with Gasteiger partial charge in [0.2, 0.25) is 0 Å². The van der Waals surface area contributed by atoms with Gasteiger partial charge in [0.05, 0.1) is 11.7 Å². The maximum atomic E-state index is 11.2. The van der Waals surface area contributed by atoms with Crippen LogP contribution in [-0.4, -0.2) is 30.8 Å². The third kappa shape index (κ3) is 4.81. The van der Waals surface area contributed by atoms with Crippen molar-refractivity contribution in [2.24, 2.45) is 0 Å². The Morgan fingerprint density at radius 2 is 2.05 bits per heavy atom. The summed E-state index contributed by atoms with van der Waals surface area (Å²) in [5.74, 6) is -0.326. The lowest BCUT2D eigenvalue weighted by Gasteiger charge is -2.21. The van der Waals surface area contributed by atoms with E-state index in [0.29, 0.717) is 5.75 Å². The quantitative estimate of drug-likeness (QED) is 0.820. The summed E-state index contributed by atoms with van der Waals surface area (Å²) in [6.07, 6.45) is 2.21. The molecular weight excluding hydrogens is 242 g/mol. The Morgan fingerprint density at radius 3 is 2.58 bits per heavy atom. The van der Waals surface area contributed by atoms with Gasteiger partial charge in [0, 0.05) is 25.3 Å². The standard InChI is InChI=1S/C15H23NO3/c1-5-6-7-16(4)13-8-12(15(17)18)9-14(10-13)19-11(2)3/h8-11H,5-7H2,1-4H3,(H,17,18). The molecule has 0 aliphatic heterocycles. The van der Waals surface area contributed by atoms with Crippen LogP contribution in [0.5, 0.6) is 5.75 Å². The van der Waals surface area contributed by atoms with Crippen LogP contribution in [0.1, 0.15) is 44.0 Å². The second-order valence-electron chi connectivity index (χ2n) is 4.96. The Bertz CT molecular complexity index is 429. The Kier molecular flexibility index (Phi) is 5.67. The predicted molar refractivity (Wildman–Crippen MR) is 77.3 cm³/mol. The summed E-state index contributed by atoms with van der Waals surface area (Å²) in [4.78, 5) is 13.2. The molecule has 0 bridgehead atoms. The maximum absolute atomic E-state index is 11.2. The lowest BCUT2D eigenvalue weighted by molar-refractivity contribution is 0.0696. The van der Waals surface area contributed by atoms with Gasteiger partial charge in [-0.3, -0.25) is 0 Å². The van der Waals surface area contributed by atoms with Crippen LogP contribution in [-0.2, 0) is 0 Å². The number of carboxylic acid groups (broad SMARTS) is 1. The largest absolute Gasteiger partial charge is 0.491 e. The number of benzene rings is 1. The van der Waals surface area contributed by atoms with Gasteiger partial charge >= 0.3 is 5.97 Å². The van der Waals surface area contributed by atoms with Crippen LogP contribution in [0.15, 0.2) is 18.2 Å². The van der Waals surface area contributed by atoms with Gasteiger partial charge in [-0.15, -0.1) is 0 Å². The minimum atomic E-state index is -0.931. The Hall–Kier alpha value is -1.71. The van der Waals surface area contributed by atoms with Crippen molar-refractivity contribution in [3.05, 3.63) is 23.8 Å². The number of rotatable bonds is 7. The van der Waals surface area contributed by atoms with E-state index in [1.165, 1.54) is 0 Å². The molecule has 0 unspecified atom stereocenters. The molecule has 0 saturated heterocycles. The number of nitrogens with zero attached hydrogens (tertiary/aromatic N) is 1. The minimum absolute atomic E-state index is 0.0258. The molecule has 0 amide bonds. The van der Waals surface area contributed by atoms with Gasteiger partial charge in [-0.1, -0.05) is 13.3 Å². The van der Waals surface area contributed by atoms with Crippen molar-refractivity contribution in [2.45, 2.75) is 39.7 Å². The highest BCUT2D eigenvalue weighted by Gasteiger charge is 2.11. The molecule has 1 aromatic rings. The number of unbranched alkanes of at least 4 members (excludes halogenated alkanes) is 1. The number of hydrogen-bond donors (Lipinski definition) is 1. The third-order valence-electron chi connectivity index (χ3n) is 2.80. The monoisotopic (exact) mass is 265 g/mol. The molecule has 0 spiro atoms. The number of aromatic carboxylic acids is 1. The smallest absolute Gasteiger partial charge is 0.335 e. The van der Waals surface area contributed by atoms with E-state index >= 15 is 0 Å². The summed E-state index contributed by atoms with van der Waals surface area (Å²) in [5, 5.41) is 9.15. The van der Waals surface area contributed by atoms with E-state index in [1.54, 1.807) is 12.1 Å².